The number of hydrogen-bond donors (Lipinski definition) is 9. The Kier molecular flexibility index (Phi) is 21.8. The Morgan fingerprint density at radius 1 is 0.766 bits per heavy atom. The lowest BCUT2D eigenvalue weighted by Gasteiger charge is -2.46. The lowest BCUT2D eigenvalue weighted by Crippen LogP contribution is -2.64. The third kappa shape index (κ3) is 15.2. The van der Waals surface area contributed by atoms with Gasteiger partial charge in [0.2, 0.25) is 5.91 Å². The van der Waals surface area contributed by atoms with Crippen LogP contribution in [0.3, 0.4) is 0 Å². The van der Waals surface area contributed by atoms with Crippen molar-refractivity contribution in [3.8, 4) is 0 Å². The average Bonchev–Trinajstić information content (AvgIpc) is 3.06. The summed E-state index contributed by atoms with van der Waals surface area (Å²) in [6.07, 6.45) is 2.15. The monoisotopic (exact) mass is 697 g/mol. The fraction of sp³-hybridized carbons (Fsp3) is 0.906. The topological polar surface area (TPSA) is 228 Å². The van der Waals surface area contributed by atoms with E-state index in [4.69, 9.17) is 23.5 Å². The van der Waals surface area contributed by atoms with Crippen molar-refractivity contribution in [2.24, 2.45) is 0 Å². The van der Waals surface area contributed by atoms with Gasteiger partial charge in [0.15, 0.2) is 12.6 Å². The van der Waals surface area contributed by atoms with E-state index in [1.54, 1.807) is 0 Å². The van der Waals surface area contributed by atoms with Crippen LogP contribution in [0.25, 0.3) is 0 Å². The average molecular weight is 698 g/mol. The highest BCUT2D eigenvalue weighted by atomic mass is 32.2. The van der Waals surface area contributed by atoms with Crippen LogP contribution in [0.1, 0.15) is 90.4 Å². The fourth-order valence-electron chi connectivity index (χ4n) is 5.63. The van der Waals surface area contributed by atoms with Crippen molar-refractivity contribution < 1.29 is 64.0 Å². The first kappa shape index (κ1) is 42.2. The minimum atomic E-state index is -1.72. The Labute approximate surface area is 282 Å². The smallest absolute Gasteiger partial charge is 0.220 e. The molecule has 2 rings (SSSR count). The van der Waals surface area contributed by atoms with Crippen LogP contribution in [0, 0.1) is 0 Å². The Hall–Kier alpha value is -0.920. The van der Waals surface area contributed by atoms with Crippen molar-refractivity contribution in [1.82, 2.24) is 5.32 Å². The zero-order chi connectivity index (χ0) is 34.6. The third-order valence-electron chi connectivity index (χ3n) is 8.52. The van der Waals surface area contributed by atoms with E-state index in [0.29, 0.717) is 25.1 Å². The summed E-state index contributed by atoms with van der Waals surface area (Å²) in [6.45, 7) is 1.10. The number of carbonyl (C=O) groups excluding carboxylic acids is 1. The van der Waals surface area contributed by atoms with Crippen molar-refractivity contribution in [2.45, 2.75) is 158 Å². The number of amides is 1. The maximum Gasteiger partial charge on any atom is 0.220 e. The van der Waals surface area contributed by atoms with E-state index in [2.05, 4.69) is 17.5 Å². The number of carbonyl (C=O) groups is 1. The van der Waals surface area contributed by atoms with Crippen LogP contribution in [0.15, 0.2) is 12.2 Å². The van der Waals surface area contributed by atoms with Crippen LogP contribution in [0.4, 0.5) is 0 Å². The largest absolute Gasteiger partial charge is 0.394 e. The van der Waals surface area contributed by atoms with Crippen molar-refractivity contribution in [3.05, 3.63) is 12.2 Å². The molecule has 47 heavy (non-hydrogen) atoms. The highest BCUT2D eigenvalue weighted by molar-refractivity contribution is 7.93. The fourth-order valence-corrected chi connectivity index (χ4v) is 5.82. The molecule has 14 nitrogen and oxygen atoms in total. The normalized spacial score (nSPS) is 32.1. The number of rotatable bonds is 24. The molecule has 15 heteroatoms. The van der Waals surface area contributed by atoms with E-state index in [9.17, 15) is 40.5 Å². The molecule has 2 aliphatic rings. The summed E-state index contributed by atoms with van der Waals surface area (Å²) < 4.78 is 31.5. The summed E-state index contributed by atoms with van der Waals surface area (Å²) in [5.74, 6) is 0.563. The lowest BCUT2D eigenvalue weighted by atomic mass is 9.97. The summed E-state index contributed by atoms with van der Waals surface area (Å²) in [5.41, 5.74) is 0. The number of aliphatic hydroxyl groups is 7. The molecule has 0 bridgehead atoms. The van der Waals surface area contributed by atoms with Crippen LogP contribution < -0.4 is 5.32 Å². The first-order valence-electron chi connectivity index (χ1n) is 17.1. The number of hydrogen-bond acceptors (Lipinski definition) is 14. The van der Waals surface area contributed by atoms with Gasteiger partial charge in [0, 0.05) is 18.7 Å². The minimum Gasteiger partial charge on any atom is -0.394 e. The summed E-state index contributed by atoms with van der Waals surface area (Å²) in [5, 5.41) is 73.6. The minimum absolute atomic E-state index is 0.0503. The van der Waals surface area contributed by atoms with Gasteiger partial charge < -0.3 is 64.6 Å². The van der Waals surface area contributed by atoms with Gasteiger partial charge in [0.25, 0.3) is 0 Å². The number of unbranched alkanes of at least 4 members (excludes halogenated alkanes) is 9. The number of ether oxygens (including phenoxy) is 4. The Morgan fingerprint density at radius 2 is 1.32 bits per heavy atom. The van der Waals surface area contributed by atoms with Crippen LogP contribution in [-0.2, 0) is 23.7 Å². The lowest BCUT2D eigenvalue weighted by molar-refractivity contribution is -0.371. The van der Waals surface area contributed by atoms with Gasteiger partial charge >= 0.3 is 0 Å². The van der Waals surface area contributed by atoms with Gasteiger partial charge in [0.05, 0.1) is 19.3 Å². The molecule has 0 radical (unpaired) electrons. The first-order chi connectivity index (χ1) is 22.6. The van der Waals surface area contributed by atoms with Crippen molar-refractivity contribution >= 4 is 17.9 Å². The predicted octanol–water partition coefficient (Wildman–Crippen LogP) is 0.966. The molecule has 0 aromatic carbocycles. The maximum atomic E-state index is 11.6. The van der Waals surface area contributed by atoms with E-state index in [1.807, 2.05) is 6.92 Å². The second-order valence-electron chi connectivity index (χ2n) is 12.4. The van der Waals surface area contributed by atoms with Gasteiger partial charge in [-0.25, -0.2) is 0 Å². The summed E-state index contributed by atoms with van der Waals surface area (Å²) in [4.78, 5) is 11.6. The number of aliphatic hydroxyl groups excluding tert-OH is 7. The molecule has 0 spiro atoms. The molecule has 0 saturated carbocycles. The highest BCUT2D eigenvalue weighted by Gasteiger charge is 2.51. The molecule has 1 amide bonds. The van der Waals surface area contributed by atoms with Crippen LogP contribution in [0.2, 0.25) is 0 Å². The molecule has 2 heterocycles. The molecule has 11 unspecified atom stereocenters. The Morgan fingerprint density at radius 3 is 1.94 bits per heavy atom. The van der Waals surface area contributed by atoms with E-state index in [1.165, 1.54) is 0 Å². The van der Waals surface area contributed by atoms with Gasteiger partial charge in [-0.2, -0.15) is 0 Å². The van der Waals surface area contributed by atoms with E-state index >= 15 is 0 Å². The zero-order valence-corrected chi connectivity index (χ0v) is 28.4. The summed E-state index contributed by atoms with van der Waals surface area (Å²) in [6, 6.07) is 0. The maximum absolute atomic E-state index is 11.6. The van der Waals surface area contributed by atoms with Crippen molar-refractivity contribution in [2.75, 3.05) is 25.5 Å². The molecule has 276 valence electrons. The van der Waals surface area contributed by atoms with Gasteiger partial charge in [-0.1, -0.05) is 50.7 Å². The third-order valence-corrected chi connectivity index (χ3v) is 8.91. The molecule has 0 aliphatic carbocycles. The van der Waals surface area contributed by atoms with Crippen molar-refractivity contribution in [1.29, 1.82) is 0 Å². The first-order valence-corrected chi connectivity index (χ1v) is 18.0. The molecule has 0 aromatic heterocycles. The Balaban J connectivity index is 1.62. The molecule has 11 atom stereocenters. The molecule has 2 aliphatic heterocycles. The summed E-state index contributed by atoms with van der Waals surface area (Å²) >= 11 is 0.733. The van der Waals surface area contributed by atoms with E-state index in [0.717, 1.165) is 82.7 Å². The van der Waals surface area contributed by atoms with Crippen LogP contribution >= 0.6 is 12.0 Å². The van der Waals surface area contributed by atoms with Gasteiger partial charge in [-0.15, -0.1) is 0 Å². The van der Waals surface area contributed by atoms with Crippen LogP contribution in [-0.4, -0.2) is 139 Å². The molecule has 9 N–H and O–H groups in total. The number of nitrogens with one attached hydrogen (secondary N) is 1. The second-order valence-corrected chi connectivity index (χ2v) is 13.1. The van der Waals surface area contributed by atoms with Gasteiger partial charge in [-0.05, 0) is 57.5 Å². The SMILES string of the molecule is CC(CCCCCC/C=C\CCCCCCCC(=O)NCCSO)OC1OC(CO)C(O)C(O)C1OC1OC(CO)C(O)C(O)C1O. The quantitative estimate of drug-likeness (QED) is 0.0389. The highest BCUT2D eigenvalue weighted by Crippen LogP contribution is 2.30. The second kappa shape index (κ2) is 24.3. The van der Waals surface area contributed by atoms with Crippen molar-refractivity contribution in [3.63, 3.8) is 0 Å². The predicted molar refractivity (Wildman–Crippen MR) is 174 cm³/mol. The Bertz CT molecular complexity index is 856. The molecule has 2 fully saturated rings. The van der Waals surface area contributed by atoms with Gasteiger partial charge in [0.1, 0.15) is 48.8 Å². The zero-order valence-electron chi connectivity index (χ0n) is 27.6. The van der Waals surface area contributed by atoms with Crippen LogP contribution in [0.5, 0.6) is 0 Å². The molecule has 0 aromatic rings. The molecule has 2 saturated heterocycles. The van der Waals surface area contributed by atoms with E-state index < -0.39 is 74.6 Å². The number of allylic oxidation sites excluding steroid dienone is 2. The van der Waals surface area contributed by atoms with E-state index in [-0.39, 0.29) is 12.0 Å². The molecular formula is C32H59NO13S. The standard InChI is InChI=1S/C32H59NO13S/c1-21(15-13-11-9-7-5-3-2-4-6-8-10-12-14-16-24(36)33-17-18-47-42)43-32-30(28(40)26(38)23(20-35)45-32)46-31-29(41)27(39)25(37)22(19-34)44-31/h2-3,21-23,25-32,34-35,37-42H,4-20H2,1H3,(H,33,36)/b3-2-. The van der Waals surface area contributed by atoms with Gasteiger partial charge in [-0.3, -0.25) is 4.79 Å². The molecular weight excluding hydrogens is 638 g/mol. The summed E-state index contributed by atoms with van der Waals surface area (Å²) in [7, 11) is 0.